The Kier molecular flexibility index (Phi) is 5.28. The molecule has 0 amide bonds. The third-order valence-electron chi connectivity index (χ3n) is 3.78. The summed E-state index contributed by atoms with van der Waals surface area (Å²) in [5.74, 6) is 0.742. The molecule has 0 heterocycles. The zero-order valence-electron chi connectivity index (χ0n) is 13.4. The lowest BCUT2D eigenvalue weighted by atomic mass is 9.99. The zero-order chi connectivity index (χ0) is 17.6. The number of aliphatic hydroxyl groups is 2. The fourth-order valence-electron chi connectivity index (χ4n) is 2.55. The maximum absolute atomic E-state index is 14.5. The Morgan fingerprint density at radius 2 is 1.12 bits per heavy atom. The lowest BCUT2D eigenvalue weighted by Crippen LogP contribution is -1.94. The van der Waals surface area contributed by atoms with Gasteiger partial charge < -0.3 is 19.7 Å². The normalized spacial score (nSPS) is 10.5. The molecule has 5 heteroatoms. The molecule has 4 nitrogen and oxygen atoms in total. The summed E-state index contributed by atoms with van der Waals surface area (Å²) in [6.45, 7) is -0.782. The van der Waals surface area contributed by atoms with E-state index in [0.717, 1.165) is 16.7 Å². The number of rotatable bonds is 6. The molecule has 2 N–H and O–H groups in total. The van der Waals surface area contributed by atoms with Crippen LogP contribution in [0.25, 0.3) is 22.3 Å². The van der Waals surface area contributed by atoms with Crippen molar-refractivity contribution in [3.63, 3.8) is 0 Å². The van der Waals surface area contributed by atoms with Crippen LogP contribution in [0.4, 0.5) is 4.39 Å². The van der Waals surface area contributed by atoms with Gasteiger partial charge in [0, 0.05) is 5.56 Å². The predicted octanol–water partition coefficient (Wildman–Crippen LogP) is 3.82. The first kappa shape index (κ1) is 17.0. The Labute approximate surface area is 144 Å². The highest BCUT2D eigenvalue weighted by Crippen LogP contribution is 2.30. The third-order valence-corrected chi connectivity index (χ3v) is 3.78. The first-order valence-electron chi connectivity index (χ1n) is 7.69. The number of halogens is 1. The molecule has 0 aliphatic carbocycles. The lowest BCUT2D eigenvalue weighted by Gasteiger charge is -2.09. The molecule has 0 atom stereocenters. The van der Waals surface area contributed by atoms with E-state index in [1.807, 2.05) is 6.07 Å². The molecular formula is C20H17FO4. The highest BCUT2D eigenvalue weighted by molar-refractivity contribution is 5.71. The molecule has 3 rings (SSSR count). The summed E-state index contributed by atoms with van der Waals surface area (Å²) >= 11 is 0. The van der Waals surface area contributed by atoms with Gasteiger partial charge in [-0.1, -0.05) is 36.4 Å². The summed E-state index contributed by atoms with van der Waals surface area (Å²) in [6.07, 6.45) is 0. The molecular weight excluding hydrogens is 323 g/mol. The number of hydrogen-bond donors (Lipinski definition) is 2. The minimum atomic E-state index is -0.398. The van der Waals surface area contributed by atoms with Crippen molar-refractivity contribution in [1.29, 1.82) is 0 Å². The molecule has 0 saturated heterocycles. The van der Waals surface area contributed by atoms with Crippen molar-refractivity contribution in [2.24, 2.45) is 0 Å². The minimum Gasteiger partial charge on any atom is -0.468 e. The SMILES string of the molecule is OCOc1ccc(-c2ccc(-c3ccc(OCO)cc3)c(F)c2)cc1. The summed E-state index contributed by atoms with van der Waals surface area (Å²) in [6, 6.07) is 18.9. The molecule has 0 saturated carbocycles. The van der Waals surface area contributed by atoms with Crippen molar-refractivity contribution < 1.29 is 24.1 Å². The van der Waals surface area contributed by atoms with Crippen LogP contribution in [0.2, 0.25) is 0 Å². The Bertz CT molecular complexity index is 829. The number of benzene rings is 3. The smallest absolute Gasteiger partial charge is 0.186 e. The summed E-state index contributed by atoms with van der Waals surface area (Å²) in [4.78, 5) is 0. The van der Waals surface area contributed by atoms with Gasteiger partial charge in [0.15, 0.2) is 13.6 Å². The Balaban J connectivity index is 1.85. The van der Waals surface area contributed by atoms with Crippen molar-refractivity contribution in [3.05, 3.63) is 72.5 Å². The molecule has 128 valence electrons. The van der Waals surface area contributed by atoms with Gasteiger partial charge in [-0.25, -0.2) is 4.39 Å². The Morgan fingerprint density at radius 1 is 0.640 bits per heavy atom. The molecule has 0 bridgehead atoms. The van der Waals surface area contributed by atoms with Gasteiger partial charge in [-0.2, -0.15) is 0 Å². The predicted molar refractivity (Wildman–Crippen MR) is 92.7 cm³/mol. The standard InChI is InChI=1S/C20H17FO4/c21-20-11-16(14-1-6-17(7-2-14)24-12-22)5-10-19(20)15-3-8-18(9-4-15)25-13-23/h1-11,22-23H,12-13H2. The average Bonchev–Trinajstić information content (AvgIpc) is 2.64. The molecule has 0 spiro atoms. The number of ether oxygens (including phenoxy) is 2. The second-order valence-electron chi connectivity index (χ2n) is 5.29. The molecule has 25 heavy (non-hydrogen) atoms. The van der Waals surface area contributed by atoms with E-state index < -0.39 is 6.79 Å². The first-order valence-corrected chi connectivity index (χ1v) is 7.69. The van der Waals surface area contributed by atoms with E-state index >= 15 is 0 Å². The van der Waals surface area contributed by atoms with Crippen molar-refractivity contribution in [3.8, 4) is 33.8 Å². The van der Waals surface area contributed by atoms with Crippen molar-refractivity contribution in [2.45, 2.75) is 0 Å². The Hall–Kier alpha value is -2.89. The first-order chi connectivity index (χ1) is 12.2. The zero-order valence-corrected chi connectivity index (χ0v) is 13.4. The van der Waals surface area contributed by atoms with Crippen LogP contribution in [0.1, 0.15) is 0 Å². The fourth-order valence-corrected chi connectivity index (χ4v) is 2.55. The monoisotopic (exact) mass is 340 g/mol. The maximum atomic E-state index is 14.5. The molecule has 0 aromatic heterocycles. The summed E-state index contributed by atoms with van der Waals surface area (Å²) in [5.41, 5.74) is 2.81. The van der Waals surface area contributed by atoms with Crippen LogP contribution < -0.4 is 9.47 Å². The largest absolute Gasteiger partial charge is 0.468 e. The van der Waals surface area contributed by atoms with Crippen LogP contribution in [0, 0.1) is 5.82 Å². The maximum Gasteiger partial charge on any atom is 0.186 e. The van der Waals surface area contributed by atoms with E-state index in [1.54, 1.807) is 54.6 Å². The van der Waals surface area contributed by atoms with Gasteiger partial charge in [0.25, 0.3) is 0 Å². The fraction of sp³-hybridized carbons (Fsp3) is 0.100. The lowest BCUT2D eigenvalue weighted by molar-refractivity contribution is 0.0981. The molecule has 3 aromatic rings. The van der Waals surface area contributed by atoms with Crippen LogP contribution >= 0.6 is 0 Å². The molecule has 0 aliphatic heterocycles. The van der Waals surface area contributed by atoms with Gasteiger partial charge in [-0.15, -0.1) is 0 Å². The van der Waals surface area contributed by atoms with Crippen molar-refractivity contribution in [1.82, 2.24) is 0 Å². The van der Waals surface area contributed by atoms with Gasteiger partial charge in [-0.3, -0.25) is 0 Å². The quantitative estimate of drug-likeness (QED) is 0.670. The molecule has 0 radical (unpaired) electrons. The van der Waals surface area contributed by atoms with Crippen LogP contribution in [0.15, 0.2) is 66.7 Å². The number of hydrogen-bond acceptors (Lipinski definition) is 4. The molecule has 0 aliphatic rings. The van der Waals surface area contributed by atoms with Crippen LogP contribution in [0.3, 0.4) is 0 Å². The van der Waals surface area contributed by atoms with Crippen molar-refractivity contribution >= 4 is 0 Å². The highest BCUT2D eigenvalue weighted by Gasteiger charge is 2.08. The second-order valence-corrected chi connectivity index (χ2v) is 5.29. The van der Waals surface area contributed by atoms with Gasteiger partial charge in [0.05, 0.1) is 0 Å². The summed E-state index contributed by atoms with van der Waals surface area (Å²) in [7, 11) is 0. The van der Waals surface area contributed by atoms with Crippen LogP contribution in [0.5, 0.6) is 11.5 Å². The van der Waals surface area contributed by atoms with Crippen molar-refractivity contribution in [2.75, 3.05) is 13.6 Å². The second kappa shape index (κ2) is 7.79. The minimum absolute atomic E-state index is 0.330. The van der Waals surface area contributed by atoms with Gasteiger partial charge in [0.2, 0.25) is 0 Å². The highest BCUT2D eigenvalue weighted by atomic mass is 19.1. The van der Waals surface area contributed by atoms with E-state index in [0.29, 0.717) is 17.1 Å². The van der Waals surface area contributed by atoms with Gasteiger partial charge in [0.1, 0.15) is 17.3 Å². The van der Waals surface area contributed by atoms with E-state index in [9.17, 15) is 4.39 Å². The molecule has 0 fully saturated rings. The Morgan fingerprint density at radius 3 is 1.60 bits per heavy atom. The topological polar surface area (TPSA) is 58.9 Å². The van der Waals surface area contributed by atoms with E-state index in [4.69, 9.17) is 19.7 Å². The summed E-state index contributed by atoms with van der Waals surface area (Å²) in [5, 5.41) is 17.5. The molecule has 3 aromatic carbocycles. The average molecular weight is 340 g/mol. The van der Waals surface area contributed by atoms with Crippen LogP contribution in [-0.4, -0.2) is 23.8 Å². The summed E-state index contributed by atoms with van der Waals surface area (Å²) < 4.78 is 24.5. The molecule has 0 unspecified atom stereocenters. The van der Waals surface area contributed by atoms with Gasteiger partial charge >= 0.3 is 0 Å². The van der Waals surface area contributed by atoms with E-state index in [1.165, 1.54) is 6.07 Å². The van der Waals surface area contributed by atoms with E-state index in [-0.39, 0.29) is 12.6 Å². The number of aliphatic hydroxyl groups excluding tert-OH is 2. The van der Waals surface area contributed by atoms with E-state index in [2.05, 4.69) is 0 Å². The third kappa shape index (κ3) is 3.96. The van der Waals surface area contributed by atoms with Crippen LogP contribution in [-0.2, 0) is 0 Å². The van der Waals surface area contributed by atoms with Gasteiger partial charge in [-0.05, 0) is 47.0 Å².